The minimum atomic E-state index is -0.652. The van der Waals surface area contributed by atoms with Gasteiger partial charge >= 0.3 is 0 Å². The van der Waals surface area contributed by atoms with Gasteiger partial charge in [-0.2, -0.15) is 0 Å². The van der Waals surface area contributed by atoms with Gasteiger partial charge in [-0.25, -0.2) is 0 Å². The minimum absolute atomic E-state index is 0.00741. The Morgan fingerprint density at radius 2 is 2.00 bits per heavy atom. The standard InChI is InChI=1S/C13H14O3/c14-9-10-7-11-3-1-2-4-12(11)13(8-10)15-5-6-16-13/h1-4,9-10H,5-8H2. The summed E-state index contributed by atoms with van der Waals surface area (Å²) in [7, 11) is 0. The first kappa shape index (κ1) is 10.00. The Balaban J connectivity index is 2.08. The maximum atomic E-state index is 11.0. The highest BCUT2D eigenvalue weighted by atomic mass is 16.7. The molecule has 0 N–H and O–H groups in total. The molecular formula is C13H14O3. The van der Waals surface area contributed by atoms with E-state index in [1.165, 1.54) is 5.56 Å². The molecule has 0 amide bonds. The fourth-order valence-electron chi connectivity index (χ4n) is 2.70. The molecule has 2 aliphatic rings. The van der Waals surface area contributed by atoms with E-state index in [2.05, 4.69) is 6.07 Å². The van der Waals surface area contributed by atoms with Crippen LogP contribution < -0.4 is 0 Å². The molecule has 84 valence electrons. The smallest absolute Gasteiger partial charge is 0.195 e. The van der Waals surface area contributed by atoms with Gasteiger partial charge in [-0.15, -0.1) is 0 Å². The van der Waals surface area contributed by atoms with Crippen LogP contribution >= 0.6 is 0 Å². The van der Waals surface area contributed by atoms with E-state index in [1.54, 1.807) is 0 Å². The molecule has 1 fully saturated rings. The second-order valence-corrected chi connectivity index (χ2v) is 4.41. The molecule has 1 aromatic carbocycles. The van der Waals surface area contributed by atoms with Crippen LogP contribution in [0.15, 0.2) is 24.3 Å². The first-order valence-corrected chi connectivity index (χ1v) is 5.66. The highest BCUT2D eigenvalue weighted by Crippen LogP contribution is 2.43. The van der Waals surface area contributed by atoms with Gasteiger partial charge in [0, 0.05) is 17.9 Å². The van der Waals surface area contributed by atoms with Gasteiger partial charge in [0.2, 0.25) is 0 Å². The van der Waals surface area contributed by atoms with Gasteiger partial charge in [-0.05, 0) is 12.0 Å². The van der Waals surface area contributed by atoms with E-state index in [9.17, 15) is 4.79 Å². The van der Waals surface area contributed by atoms with Gasteiger partial charge in [-0.3, -0.25) is 0 Å². The van der Waals surface area contributed by atoms with Gasteiger partial charge in [0.1, 0.15) is 6.29 Å². The molecule has 16 heavy (non-hydrogen) atoms. The molecule has 3 heteroatoms. The van der Waals surface area contributed by atoms with Crippen LogP contribution in [-0.2, 0) is 26.5 Å². The zero-order valence-electron chi connectivity index (χ0n) is 9.02. The van der Waals surface area contributed by atoms with Crippen molar-refractivity contribution in [3.63, 3.8) is 0 Å². The van der Waals surface area contributed by atoms with E-state index < -0.39 is 5.79 Å². The van der Waals surface area contributed by atoms with Crippen LogP contribution in [0.4, 0.5) is 0 Å². The zero-order valence-corrected chi connectivity index (χ0v) is 9.02. The third kappa shape index (κ3) is 1.39. The van der Waals surface area contributed by atoms with Crippen LogP contribution in [0.5, 0.6) is 0 Å². The quantitative estimate of drug-likeness (QED) is 0.672. The van der Waals surface area contributed by atoms with E-state index >= 15 is 0 Å². The SMILES string of the molecule is O=CC1Cc2ccccc2C2(C1)OCCO2. The summed E-state index contributed by atoms with van der Waals surface area (Å²) >= 11 is 0. The molecule has 3 nitrogen and oxygen atoms in total. The van der Waals surface area contributed by atoms with Gasteiger partial charge in [0.05, 0.1) is 13.2 Å². The molecule has 1 heterocycles. The molecule has 1 saturated heterocycles. The summed E-state index contributed by atoms with van der Waals surface area (Å²) in [6.45, 7) is 1.22. The number of ether oxygens (including phenoxy) is 2. The number of fused-ring (bicyclic) bond motifs is 2. The molecule has 0 saturated carbocycles. The van der Waals surface area contributed by atoms with E-state index in [1.807, 2.05) is 18.2 Å². The summed E-state index contributed by atoms with van der Waals surface area (Å²) in [5.74, 6) is -0.645. The lowest BCUT2D eigenvalue weighted by molar-refractivity contribution is -0.183. The average molecular weight is 218 g/mol. The highest BCUT2D eigenvalue weighted by Gasteiger charge is 2.45. The second-order valence-electron chi connectivity index (χ2n) is 4.41. The third-order valence-electron chi connectivity index (χ3n) is 3.39. The summed E-state index contributed by atoms with van der Waals surface area (Å²) < 4.78 is 11.5. The van der Waals surface area contributed by atoms with Crippen molar-refractivity contribution in [1.82, 2.24) is 0 Å². The van der Waals surface area contributed by atoms with Gasteiger partial charge in [0.25, 0.3) is 0 Å². The summed E-state index contributed by atoms with van der Waals surface area (Å²) in [6.07, 6.45) is 2.46. The van der Waals surface area contributed by atoms with Gasteiger partial charge < -0.3 is 14.3 Å². The highest BCUT2D eigenvalue weighted by molar-refractivity contribution is 5.56. The summed E-state index contributed by atoms with van der Waals surface area (Å²) in [5.41, 5.74) is 2.28. The van der Waals surface area contributed by atoms with Gasteiger partial charge in [-0.1, -0.05) is 24.3 Å². The van der Waals surface area contributed by atoms with Crippen LogP contribution in [0.1, 0.15) is 17.5 Å². The van der Waals surface area contributed by atoms with Crippen LogP contribution in [0.2, 0.25) is 0 Å². The Hall–Kier alpha value is -1.19. The van der Waals surface area contributed by atoms with Crippen molar-refractivity contribution in [1.29, 1.82) is 0 Å². The monoisotopic (exact) mass is 218 g/mol. The predicted molar refractivity (Wildman–Crippen MR) is 57.9 cm³/mol. The topological polar surface area (TPSA) is 35.5 Å². The summed E-state index contributed by atoms with van der Waals surface area (Å²) in [4.78, 5) is 11.0. The minimum Gasteiger partial charge on any atom is -0.343 e. The van der Waals surface area contributed by atoms with Crippen molar-refractivity contribution in [3.05, 3.63) is 35.4 Å². The fraction of sp³-hybridized carbons (Fsp3) is 0.462. The zero-order chi connectivity index (χ0) is 11.0. The number of rotatable bonds is 1. The molecule has 3 rings (SSSR count). The Morgan fingerprint density at radius 3 is 2.75 bits per heavy atom. The van der Waals surface area contributed by atoms with Crippen molar-refractivity contribution in [3.8, 4) is 0 Å². The third-order valence-corrected chi connectivity index (χ3v) is 3.39. The van der Waals surface area contributed by atoms with Crippen molar-refractivity contribution in [2.24, 2.45) is 5.92 Å². The molecule has 1 aliphatic carbocycles. The second kappa shape index (κ2) is 3.68. The predicted octanol–water partition coefficient (Wildman–Crippen LogP) is 1.65. The number of carbonyl (C=O) groups is 1. The largest absolute Gasteiger partial charge is 0.343 e. The normalized spacial score (nSPS) is 26.6. The molecule has 0 bridgehead atoms. The molecule has 0 radical (unpaired) electrons. The van der Waals surface area contributed by atoms with Crippen molar-refractivity contribution < 1.29 is 14.3 Å². The Morgan fingerprint density at radius 1 is 1.25 bits per heavy atom. The van der Waals surface area contributed by atoms with E-state index in [4.69, 9.17) is 9.47 Å². The summed E-state index contributed by atoms with van der Waals surface area (Å²) in [6, 6.07) is 8.08. The van der Waals surface area contributed by atoms with E-state index in [0.29, 0.717) is 19.6 Å². The number of benzene rings is 1. The molecule has 1 aliphatic heterocycles. The molecule has 1 spiro atoms. The maximum absolute atomic E-state index is 11.0. The average Bonchev–Trinajstić information content (AvgIpc) is 2.78. The maximum Gasteiger partial charge on any atom is 0.195 e. The molecular weight excluding hydrogens is 204 g/mol. The van der Waals surface area contributed by atoms with Crippen LogP contribution in [0.3, 0.4) is 0 Å². The Labute approximate surface area is 94.4 Å². The molecule has 1 aromatic rings. The molecule has 1 atom stereocenters. The lowest BCUT2D eigenvalue weighted by Crippen LogP contribution is -2.36. The van der Waals surface area contributed by atoms with Crippen LogP contribution in [0, 0.1) is 5.92 Å². The Kier molecular flexibility index (Phi) is 2.30. The van der Waals surface area contributed by atoms with Crippen LogP contribution in [0.25, 0.3) is 0 Å². The number of hydrogen-bond donors (Lipinski definition) is 0. The molecule has 1 unspecified atom stereocenters. The van der Waals surface area contributed by atoms with E-state index in [-0.39, 0.29) is 5.92 Å². The first-order chi connectivity index (χ1) is 7.84. The lowest BCUT2D eigenvalue weighted by Gasteiger charge is -2.36. The fourth-order valence-corrected chi connectivity index (χ4v) is 2.70. The first-order valence-electron chi connectivity index (χ1n) is 5.66. The van der Waals surface area contributed by atoms with Crippen molar-refractivity contribution in [2.45, 2.75) is 18.6 Å². The lowest BCUT2D eigenvalue weighted by atomic mass is 9.80. The number of hydrogen-bond acceptors (Lipinski definition) is 3. The van der Waals surface area contributed by atoms with Crippen molar-refractivity contribution >= 4 is 6.29 Å². The number of carbonyl (C=O) groups excluding carboxylic acids is 1. The van der Waals surface area contributed by atoms with Crippen LogP contribution in [-0.4, -0.2) is 19.5 Å². The Bertz CT molecular complexity index is 407. The van der Waals surface area contributed by atoms with E-state index in [0.717, 1.165) is 18.3 Å². The summed E-state index contributed by atoms with van der Waals surface area (Å²) in [5, 5.41) is 0. The van der Waals surface area contributed by atoms with Gasteiger partial charge in [0.15, 0.2) is 5.79 Å². The van der Waals surface area contributed by atoms with Crippen molar-refractivity contribution in [2.75, 3.05) is 13.2 Å². The molecule has 0 aromatic heterocycles. The number of aldehydes is 1.